The lowest BCUT2D eigenvalue weighted by molar-refractivity contribution is 0.0697. The molecule has 1 fully saturated rings. The van der Waals surface area contributed by atoms with Gasteiger partial charge < -0.3 is 19.9 Å². The third-order valence-corrected chi connectivity index (χ3v) is 7.06. The van der Waals surface area contributed by atoms with E-state index in [1.165, 1.54) is 0 Å². The number of rotatable bonds is 5. The van der Waals surface area contributed by atoms with Gasteiger partial charge in [-0.15, -0.1) is 0 Å². The zero-order valence-corrected chi connectivity index (χ0v) is 21.5. The summed E-state index contributed by atoms with van der Waals surface area (Å²) in [6.45, 7) is 8.22. The van der Waals surface area contributed by atoms with E-state index in [0.717, 1.165) is 39.5 Å². The van der Waals surface area contributed by atoms with E-state index in [1.807, 2.05) is 48.7 Å². The minimum absolute atomic E-state index is 0.175. The zero-order chi connectivity index (χ0) is 25.6. The molecule has 2 aromatic heterocycles. The quantitative estimate of drug-likeness (QED) is 0.331. The fourth-order valence-corrected chi connectivity index (χ4v) is 5.69. The number of nitrogens with zero attached hydrogens (tertiary/aromatic N) is 3. The average molecular weight is 497 g/mol. The number of carboxylic acids is 1. The van der Waals surface area contributed by atoms with E-state index in [9.17, 15) is 9.90 Å². The van der Waals surface area contributed by atoms with E-state index in [1.54, 1.807) is 18.3 Å². The van der Waals surface area contributed by atoms with Crippen LogP contribution in [0.5, 0.6) is 0 Å². The Bertz CT molecular complexity index is 1460. The number of para-hydroxylation sites is 1. The molecule has 0 saturated carbocycles. The molecule has 2 unspecified atom stereocenters. The minimum atomic E-state index is -0.952. The molecule has 0 bridgehead atoms. The van der Waals surface area contributed by atoms with Crippen molar-refractivity contribution in [2.75, 3.05) is 4.90 Å². The van der Waals surface area contributed by atoms with Crippen LogP contribution in [0.3, 0.4) is 0 Å². The van der Waals surface area contributed by atoms with Crippen LogP contribution in [0.15, 0.2) is 72.9 Å². The summed E-state index contributed by atoms with van der Waals surface area (Å²) in [4.78, 5) is 18.8. The number of carboxylic acid groups (broad SMARTS) is 1. The number of hydrogen-bond donors (Lipinski definition) is 2. The first kappa shape index (κ1) is 23.8. The molecule has 2 atom stereocenters. The molecule has 4 aromatic rings. The van der Waals surface area contributed by atoms with Gasteiger partial charge in [0.1, 0.15) is 0 Å². The highest BCUT2D eigenvalue weighted by molar-refractivity contribution is 7.80. The van der Waals surface area contributed by atoms with Gasteiger partial charge in [0.15, 0.2) is 5.11 Å². The maximum atomic E-state index is 12.0. The summed E-state index contributed by atoms with van der Waals surface area (Å²) in [7, 11) is 0. The first-order valence-electron chi connectivity index (χ1n) is 11.9. The lowest BCUT2D eigenvalue weighted by atomic mass is 9.96. The van der Waals surface area contributed by atoms with Crippen LogP contribution < -0.4 is 10.2 Å². The number of aryl methyl sites for hydroxylation is 3. The van der Waals surface area contributed by atoms with Crippen molar-refractivity contribution in [2.24, 2.45) is 0 Å². The summed E-state index contributed by atoms with van der Waals surface area (Å²) < 4.78 is 2.02. The number of anilines is 1. The van der Waals surface area contributed by atoms with Gasteiger partial charge in [-0.05, 0) is 99.1 Å². The Hall–Kier alpha value is -3.97. The molecule has 0 aliphatic carbocycles. The molecule has 0 spiro atoms. The molecule has 1 aliphatic heterocycles. The van der Waals surface area contributed by atoms with E-state index >= 15 is 0 Å². The topological polar surface area (TPSA) is 70.4 Å². The van der Waals surface area contributed by atoms with E-state index in [0.29, 0.717) is 10.8 Å². The van der Waals surface area contributed by atoms with Gasteiger partial charge in [0, 0.05) is 23.3 Å². The Kier molecular flexibility index (Phi) is 6.10. The molecule has 1 aliphatic rings. The molecular weight excluding hydrogens is 468 g/mol. The Morgan fingerprint density at radius 2 is 1.67 bits per heavy atom. The average Bonchev–Trinajstić information content (AvgIpc) is 3.34. The number of carbonyl (C=O) groups is 1. The minimum Gasteiger partial charge on any atom is -0.478 e. The zero-order valence-electron chi connectivity index (χ0n) is 20.7. The SMILES string of the molecule is Cc1cc(C)cc(N2C(=S)NC(c3ccccn3)C2c2cc(C)n(-c3ccccc3C(=O)O)c2C)c1. The molecule has 7 heteroatoms. The van der Waals surface area contributed by atoms with Crippen molar-refractivity contribution in [3.8, 4) is 5.69 Å². The second kappa shape index (κ2) is 9.24. The predicted molar refractivity (Wildman–Crippen MR) is 146 cm³/mol. The van der Waals surface area contributed by atoms with Crippen molar-refractivity contribution >= 4 is 29.0 Å². The van der Waals surface area contributed by atoms with E-state index in [-0.39, 0.29) is 17.6 Å². The molecule has 2 N–H and O–H groups in total. The molecular formula is C29H28N4O2S. The van der Waals surface area contributed by atoms with E-state index in [4.69, 9.17) is 12.2 Å². The van der Waals surface area contributed by atoms with Gasteiger partial charge >= 0.3 is 5.97 Å². The van der Waals surface area contributed by atoms with Crippen LogP contribution in [0, 0.1) is 27.7 Å². The van der Waals surface area contributed by atoms with Crippen molar-refractivity contribution in [3.05, 3.63) is 112 Å². The Morgan fingerprint density at radius 1 is 0.972 bits per heavy atom. The van der Waals surface area contributed by atoms with Gasteiger partial charge in [0.25, 0.3) is 0 Å². The molecule has 2 aromatic carbocycles. The molecule has 5 rings (SSSR count). The predicted octanol–water partition coefficient (Wildman–Crippen LogP) is 5.98. The smallest absolute Gasteiger partial charge is 0.337 e. The molecule has 6 nitrogen and oxygen atoms in total. The Morgan fingerprint density at radius 3 is 2.33 bits per heavy atom. The van der Waals surface area contributed by atoms with Gasteiger partial charge in [-0.2, -0.15) is 0 Å². The third-order valence-electron chi connectivity index (χ3n) is 6.75. The fourth-order valence-electron chi connectivity index (χ4n) is 5.35. The Balaban J connectivity index is 1.72. The molecule has 182 valence electrons. The first-order chi connectivity index (χ1) is 17.3. The van der Waals surface area contributed by atoms with Crippen LogP contribution in [-0.2, 0) is 0 Å². The summed E-state index contributed by atoms with van der Waals surface area (Å²) in [6, 6.07) is 21.2. The van der Waals surface area contributed by atoms with Gasteiger partial charge in [0.05, 0.1) is 29.0 Å². The lowest BCUT2D eigenvalue weighted by Gasteiger charge is -2.29. The standard InChI is InChI=1S/C29H28N4O2S/c1-17-13-18(2)15-21(14-17)33-27(26(31-29(33)36)24-10-7-8-12-30-24)23-16-19(3)32(20(23)4)25-11-6-5-9-22(25)28(34)35/h5-16,26-27H,1-4H3,(H,31,36)(H,34,35). The maximum absolute atomic E-state index is 12.0. The summed E-state index contributed by atoms with van der Waals surface area (Å²) in [5.74, 6) is -0.952. The number of aromatic nitrogens is 2. The highest BCUT2D eigenvalue weighted by Gasteiger charge is 2.42. The van der Waals surface area contributed by atoms with Crippen molar-refractivity contribution in [3.63, 3.8) is 0 Å². The first-order valence-corrected chi connectivity index (χ1v) is 12.3. The largest absolute Gasteiger partial charge is 0.478 e. The molecule has 0 amide bonds. The lowest BCUT2D eigenvalue weighted by Crippen LogP contribution is -2.29. The molecule has 3 heterocycles. The number of pyridine rings is 1. The van der Waals surface area contributed by atoms with E-state index < -0.39 is 5.97 Å². The fraction of sp³-hybridized carbons (Fsp3) is 0.207. The summed E-state index contributed by atoms with van der Waals surface area (Å²) in [5.41, 5.74) is 8.13. The van der Waals surface area contributed by atoms with Gasteiger partial charge in [-0.1, -0.05) is 24.3 Å². The van der Waals surface area contributed by atoms with Crippen molar-refractivity contribution in [1.82, 2.24) is 14.9 Å². The van der Waals surface area contributed by atoms with Gasteiger partial charge in [-0.25, -0.2) is 4.79 Å². The van der Waals surface area contributed by atoms with E-state index in [2.05, 4.69) is 53.3 Å². The second-order valence-electron chi connectivity index (χ2n) is 9.33. The molecule has 0 radical (unpaired) electrons. The summed E-state index contributed by atoms with van der Waals surface area (Å²) in [5, 5.41) is 14.0. The number of nitrogens with one attached hydrogen (secondary N) is 1. The van der Waals surface area contributed by atoms with Crippen molar-refractivity contribution < 1.29 is 9.90 Å². The number of benzene rings is 2. The third kappa shape index (κ3) is 4.05. The molecule has 36 heavy (non-hydrogen) atoms. The highest BCUT2D eigenvalue weighted by Crippen LogP contribution is 2.44. The van der Waals surface area contributed by atoms with Crippen LogP contribution in [0.1, 0.15) is 56.2 Å². The Labute approximate surface area is 216 Å². The van der Waals surface area contributed by atoms with Crippen LogP contribution in [-0.4, -0.2) is 25.7 Å². The summed E-state index contributed by atoms with van der Waals surface area (Å²) in [6.07, 6.45) is 1.79. The normalized spacial score (nSPS) is 17.3. The van der Waals surface area contributed by atoms with Crippen LogP contribution in [0.25, 0.3) is 5.69 Å². The second-order valence-corrected chi connectivity index (χ2v) is 9.71. The van der Waals surface area contributed by atoms with Gasteiger partial charge in [0.2, 0.25) is 0 Å². The number of aromatic carboxylic acids is 1. The highest BCUT2D eigenvalue weighted by atomic mass is 32.1. The molecule has 1 saturated heterocycles. The van der Waals surface area contributed by atoms with Crippen molar-refractivity contribution in [2.45, 2.75) is 39.8 Å². The maximum Gasteiger partial charge on any atom is 0.337 e. The van der Waals surface area contributed by atoms with Crippen LogP contribution >= 0.6 is 12.2 Å². The van der Waals surface area contributed by atoms with Crippen molar-refractivity contribution in [1.29, 1.82) is 0 Å². The number of hydrogen-bond acceptors (Lipinski definition) is 3. The number of thiocarbonyl (C=S) groups is 1. The monoisotopic (exact) mass is 496 g/mol. The van der Waals surface area contributed by atoms with Crippen LogP contribution in [0.4, 0.5) is 5.69 Å². The van der Waals surface area contributed by atoms with Gasteiger partial charge in [-0.3, -0.25) is 4.98 Å². The van der Waals surface area contributed by atoms with Crippen LogP contribution in [0.2, 0.25) is 0 Å². The summed E-state index contributed by atoms with van der Waals surface area (Å²) >= 11 is 5.90.